The maximum atomic E-state index is 12.5. The van der Waals surface area contributed by atoms with E-state index in [9.17, 15) is 24.3 Å². The molecule has 2 fully saturated rings. The molecule has 0 aromatic heterocycles. The summed E-state index contributed by atoms with van der Waals surface area (Å²) in [6, 6.07) is 6.82. The first kappa shape index (κ1) is 26.3. The van der Waals surface area contributed by atoms with E-state index >= 15 is 0 Å². The maximum Gasteiger partial charge on any atom is 0.417 e. The molecule has 0 spiro atoms. The molecule has 2 heterocycles. The molecule has 2 aliphatic heterocycles. The van der Waals surface area contributed by atoms with Crippen LogP contribution < -0.4 is 10.6 Å². The van der Waals surface area contributed by atoms with Crippen molar-refractivity contribution >= 4 is 23.9 Å². The molecular formula is C24H35N3O6. The molecule has 2 saturated heterocycles. The van der Waals surface area contributed by atoms with Gasteiger partial charge in [0.05, 0.1) is 0 Å². The third-order valence-corrected chi connectivity index (χ3v) is 5.45. The smallest absolute Gasteiger partial charge is 0.417 e. The van der Waals surface area contributed by atoms with E-state index < -0.39 is 36.0 Å². The highest BCUT2D eigenvalue weighted by atomic mass is 16.6. The summed E-state index contributed by atoms with van der Waals surface area (Å²) in [5.41, 5.74) is 0.751. The third-order valence-electron chi connectivity index (χ3n) is 5.45. The average molecular weight is 462 g/mol. The van der Waals surface area contributed by atoms with Gasteiger partial charge in [-0.15, -0.1) is 0 Å². The lowest BCUT2D eigenvalue weighted by Crippen LogP contribution is -2.52. The number of imide groups is 1. The second kappa shape index (κ2) is 13.6. The molecule has 0 radical (unpaired) electrons. The van der Waals surface area contributed by atoms with Gasteiger partial charge in [0, 0.05) is 6.42 Å². The molecule has 3 amide bonds. The number of carbonyl (C=O) groups excluding carboxylic acids is 3. The number of aliphatic carboxylic acids is 1. The zero-order chi connectivity index (χ0) is 24.2. The van der Waals surface area contributed by atoms with Gasteiger partial charge in [0.25, 0.3) is 0 Å². The lowest BCUT2D eigenvalue weighted by atomic mass is 10.0. The van der Waals surface area contributed by atoms with Gasteiger partial charge in [-0.1, -0.05) is 50.6 Å². The summed E-state index contributed by atoms with van der Waals surface area (Å²) in [6.07, 6.45) is 3.73. The highest BCUT2D eigenvalue weighted by molar-refractivity contribution is 6.01. The number of hydrogen-bond donors (Lipinski definition) is 3. The number of carboxylic acid groups (broad SMARTS) is 1. The van der Waals surface area contributed by atoms with Crippen LogP contribution >= 0.6 is 0 Å². The molecular weight excluding hydrogens is 426 g/mol. The van der Waals surface area contributed by atoms with Crippen LogP contribution in [0.15, 0.2) is 30.3 Å². The summed E-state index contributed by atoms with van der Waals surface area (Å²) in [7, 11) is 0. The van der Waals surface area contributed by atoms with E-state index in [1.165, 1.54) is 32.4 Å². The molecule has 182 valence electrons. The molecule has 3 N–H and O–H groups in total. The predicted octanol–water partition coefficient (Wildman–Crippen LogP) is 2.69. The number of carbonyl (C=O) groups is 4. The molecule has 2 atom stereocenters. The first-order valence-electron chi connectivity index (χ1n) is 11.6. The Kier molecular flexibility index (Phi) is 10.8. The molecule has 0 unspecified atom stereocenters. The van der Waals surface area contributed by atoms with Gasteiger partial charge in [-0.05, 0) is 50.3 Å². The molecule has 1 aromatic carbocycles. The largest absolute Gasteiger partial charge is 0.480 e. The van der Waals surface area contributed by atoms with Crippen LogP contribution in [0.5, 0.6) is 0 Å². The van der Waals surface area contributed by atoms with Gasteiger partial charge < -0.3 is 20.5 Å². The fourth-order valence-electron chi connectivity index (χ4n) is 3.71. The van der Waals surface area contributed by atoms with E-state index in [0.29, 0.717) is 0 Å². The monoisotopic (exact) mass is 461 g/mol. The molecule has 3 rings (SSSR count). The summed E-state index contributed by atoms with van der Waals surface area (Å²) in [6.45, 7) is 6.16. The number of piperidine rings is 1. The van der Waals surface area contributed by atoms with Crippen LogP contribution in [0.2, 0.25) is 0 Å². The molecule has 33 heavy (non-hydrogen) atoms. The minimum Gasteiger partial charge on any atom is -0.480 e. The lowest BCUT2D eigenvalue weighted by Gasteiger charge is -2.24. The molecule has 1 aromatic rings. The Balaban J connectivity index is 0.000000554. The Bertz CT molecular complexity index is 783. The predicted molar refractivity (Wildman–Crippen MR) is 122 cm³/mol. The Morgan fingerprint density at radius 2 is 1.82 bits per heavy atom. The number of amides is 3. The van der Waals surface area contributed by atoms with Crippen LogP contribution in [-0.2, 0) is 25.7 Å². The highest BCUT2D eigenvalue weighted by Crippen LogP contribution is 2.21. The molecule has 9 heteroatoms. The number of carboxylic acids is 1. The van der Waals surface area contributed by atoms with Crippen LogP contribution in [-0.4, -0.2) is 59.1 Å². The zero-order valence-corrected chi connectivity index (χ0v) is 19.4. The van der Waals surface area contributed by atoms with Crippen molar-refractivity contribution < 1.29 is 29.0 Å². The van der Waals surface area contributed by atoms with Crippen LogP contribution in [0.4, 0.5) is 4.79 Å². The van der Waals surface area contributed by atoms with Crippen molar-refractivity contribution in [1.29, 1.82) is 0 Å². The number of hydrogen-bond acceptors (Lipinski definition) is 6. The van der Waals surface area contributed by atoms with E-state index in [4.69, 9.17) is 4.74 Å². The Hall–Kier alpha value is -2.94. The topological polar surface area (TPSA) is 125 Å². The highest BCUT2D eigenvalue weighted by Gasteiger charge is 2.42. The standard InChI is InChI=1S/C19H24N2O6.C5H11N/c1-12(2)10-14(18(24)25)20-17(23)15-8-9-16(22)21(15)19(26)27-11-13-6-4-3-5-7-13;1-2-4-6-5-3-1/h3-7,12,14-15H,8-11H2,1-2H3,(H,20,23)(H,24,25);6H,1-5H2/t14-,15-;/m0./s1. The van der Waals surface area contributed by atoms with E-state index in [0.717, 1.165) is 10.5 Å². The van der Waals surface area contributed by atoms with Gasteiger partial charge in [0.1, 0.15) is 18.7 Å². The number of rotatable bonds is 7. The number of benzene rings is 1. The molecule has 0 saturated carbocycles. The van der Waals surface area contributed by atoms with Crippen LogP contribution in [0, 0.1) is 5.92 Å². The number of nitrogens with zero attached hydrogens (tertiary/aromatic N) is 1. The van der Waals surface area contributed by atoms with Crippen LogP contribution in [0.25, 0.3) is 0 Å². The second-order valence-electron chi connectivity index (χ2n) is 8.70. The van der Waals surface area contributed by atoms with Gasteiger partial charge >= 0.3 is 12.1 Å². The molecule has 0 aliphatic carbocycles. The summed E-state index contributed by atoms with van der Waals surface area (Å²) >= 11 is 0. The molecule has 0 bridgehead atoms. The third kappa shape index (κ3) is 8.84. The molecule has 2 aliphatic rings. The normalized spacial score (nSPS) is 18.8. The van der Waals surface area contributed by atoms with Crippen molar-refractivity contribution in [3.05, 3.63) is 35.9 Å². The van der Waals surface area contributed by atoms with Gasteiger partial charge in [0.15, 0.2) is 0 Å². The second-order valence-corrected chi connectivity index (χ2v) is 8.70. The Labute approximate surface area is 194 Å². The van der Waals surface area contributed by atoms with Gasteiger partial charge in [0.2, 0.25) is 11.8 Å². The van der Waals surface area contributed by atoms with Crippen molar-refractivity contribution in [3.8, 4) is 0 Å². The quantitative estimate of drug-likeness (QED) is 0.570. The fourth-order valence-corrected chi connectivity index (χ4v) is 3.71. The van der Waals surface area contributed by atoms with E-state index in [2.05, 4.69) is 10.6 Å². The Morgan fingerprint density at radius 3 is 2.33 bits per heavy atom. The van der Waals surface area contributed by atoms with Crippen molar-refractivity contribution in [2.45, 2.75) is 71.1 Å². The first-order valence-corrected chi connectivity index (χ1v) is 11.6. The molecule has 9 nitrogen and oxygen atoms in total. The maximum absolute atomic E-state index is 12.5. The van der Waals surface area contributed by atoms with Crippen LogP contribution in [0.1, 0.15) is 57.9 Å². The van der Waals surface area contributed by atoms with E-state index in [1.54, 1.807) is 24.3 Å². The Morgan fingerprint density at radius 1 is 1.15 bits per heavy atom. The summed E-state index contributed by atoms with van der Waals surface area (Å²) in [4.78, 5) is 49.0. The zero-order valence-electron chi connectivity index (χ0n) is 19.4. The average Bonchev–Trinajstić information content (AvgIpc) is 3.20. The van der Waals surface area contributed by atoms with Gasteiger partial charge in [-0.3, -0.25) is 9.59 Å². The first-order chi connectivity index (χ1) is 15.8. The number of likely N-dealkylation sites (tertiary alicyclic amines) is 1. The van der Waals surface area contributed by atoms with Crippen LogP contribution in [0.3, 0.4) is 0 Å². The lowest BCUT2D eigenvalue weighted by molar-refractivity contribution is -0.143. The fraction of sp³-hybridized carbons (Fsp3) is 0.583. The van der Waals surface area contributed by atoms with Gasteiger partial charge in [-0.2, -0.15) is 0 Å². The van der Waals surface area contributed by atoms with Crippen molar-refractivity contribution in [3.63, 3.8) is 0 Å². The van der Waals surface area contributed by atoms with E-state index in [-0.39, 0.29) is 31.8 Å². The minimum absolute atomic E-state index is 0.0249. The van der Waals surface area contributed by atoms with Crippen molar-refractivity contribution in [1.82, 2.24) is 15.5 Å². The summed E-state index contributed by atoms with van der Waals surface area (Å²) in [5, 5.41) is 15.0. The SMILES string of the molecule is C1CCNCC1.CC(C)C[C@H](NC(=O)[C@@H]1CCC(=O)N1C(=O)OCc1ccccc1)C(=O)O. The van der Waals surface area contributed by atoms with Gasteiger partial charge in [-0.25, -0.2) is 14.5 Å². The summed E-state index contributed by atoms with van der Waals surface area (Å²) < 4.78 is 5.15. The number of nitrogens with one attached hydrogen (secondary N) is 2. The van der Waals surface area contributed by atoms with E-state index in [1.807, 2.05) is 19.9 Å². The summed E-state index contributed by atoms with van der Waals surface area (Å²) in [5.74, 6) is -2.27. The minimum atomic E-state index is -1.15. The van der Waals surface area contributed by atoms with Crippen molar-refractivity contribution in [2.24, 2.45) is 5.92 Å². The number of ether oxygens (including phenoxy) is 1. The van der Waals surface area contributed by atoms with Crippen molar-refractivity contribution in [2.75, 3.05) is 13.1 Å².